The average Bonchev–Trinajstić information content (AvgIpc) is 3.35. The molecule has 0 aliphatic heterocycles. The molecule has 38 heavy (non-hydrogen) atoms. The molecule has 4 atom stereocenters. The van der Waals surface area contributed by atoms with E-state index in [1.165, 1.54) is 17.4 Å². The molecule has 200 valence electrons. The number of fused-ring (bicyclic) bond motifs is 3. The number of hydrogen-bond acceptors (Lipinski definition) is 10. The third kappa shape index (κ3) is 3.25. The molecule has 2 aromatic rings. The lowest BCUT2D eigenvalue weighted by Crippen LogP contribution is -2.65. The fourth-order valence-electron chi connectivity index (χ4n) is 6.33. The third-order valence-corrected chi connectivity index (χ3v) is 8.01. The van der Waals surface area contributed by atoms with Crippen LogP contribution in [0, 0.1) is 11.8 Å². The van der Waals surface area contributed by atoms with Crippen molar-refractivity contribution in [1.29, 1.82) is 0 Å². The summed E-state index contributed by atoms with van der Waals surface area (Å²) in [5, 5.41) is 45.5. The molecule has 3 aliphatic carbocycles. The quantitative estimate of drug-likeness (QED) is 0.367. The second-order valence-corrected chi connectivity index (χ2v) is 10.5. The zero-order valence-corrected chi connectivity index (χ0v) is 21.3. The van der Waals surface area contributed by atoms with Gasteiger partial charge in [0.1, 0.15) is 22.8 Å². The predicted molar refractivity (Wildman–Crippen MR) is 136 cm³/mol. The van der Waals surface area contributed by atoms with Crippen LogP contribution in [0.1, 0.15) is 17.5 Å². The van der Waals surface area contributed by atoms with Crippen LogP contribution < -0.4 is 10.6 Å². The Morgan fingerprint density at radius 1 is 1.16 bits per heavy atom. The van der Waals surface area contributed by atoms with Gasteiger partial charge in [0.25, 0.3) is 5.91 Å². The Bertz CT molecular complexity index is 1450. The van der Waals surface area contributed by atoms with Gasteiger partial charge in [-0.15, -0.1) is 0 Å². The Morgan fingerprint density at radius 3 is 2.39 bits per heavy atom. The molecule has 0 saturated heterocycles. The van der Waals surface area contributed by atoms with Gasteiger partial charge >= 0.3 is 0 Å². The Balaban J connectivity index is 1.78. The summed E-state index contributed by atoms with van der Waals surface area (Å²) in [6, 6.07) is 2.28. The average molecular weight is 524 g/mol. The minimum atomic E-state index is -2.67. The first-order chi connectivity index (χ1) is 17.8. The van der Waals surface area contributed by atoms with Crippen molar-refractivity contribution in [2.45, 2.75) is 24.5 Å². The van der Waals surface area contributed by atoms with Gasteiger partial charge < -0.3 is 35.5 Å². The van der Waals surface area contributed by atoms with E-state index in [0.29, 0.717) is 22.4 Å². The van der Waals surface area contributed by atoms with Crippen molar-refractivity contribution >= 4 is 28.9 Å². The molecule has 6 N–H and O–H groups in total. The molecule has 1 aromatic carbocycles. The van der Waals surface area contributed by atoms with Crippen molar-refractivity contribution in [2.24, 2.45) is 17.6 Å². The molecule has 5 rings (SSSR count). The van der Waals surface area contributed by atoms with Crippen molar-refractivity contribution < 1.29 is 39.2 Å². The molecular weight excluding hydrogens is 494 g/mol. The maximum absolute atomic E-state index is 14.0. The summed E-state index contributed by atoms with van der Waals surface area (Å²) in [5.74, 6) is -6.79. The summed E-state index contributed by atoms with van der Waals surface area (Å²) >= 11 is 0. The number of primary amides is 1. The molecule has 1 aromatic heterocycles. The second kappa shape index (κ2) is 8.47. The topological polar surface area (TPSA) is 178 Å². The molecule has 1 heterocycles. The first kappa shape index (κ1) is 25.6. The van der Waals surface area contributed by atoms with E-state index in [4.69, 9.17) is 10.2 Å². The number of phenols is 1. The largest absolute Gasteiger partial charge is 0.508 e. The van der Waals surface area contributed by atoms with E-state index < -0.39 is 58.0 Å². The van der Waals surface area contributed by atoms with Crippen LogP contribution in [0.25, 0.3) is 16.9 Å². The molecule has 11 heteroatoms. The molecule has 11 nitrogen and oxygen atoms in total. The summed E-state index contributed by atoms with van der Waals surface area (Å²) in [5.41, 5.74) is 3.88. The number of nitrogens with zero attached hydrogens (tertiary/aromatic N) is 2. The smallest absolute Gasteiger partial charge is 0.255 e. The number of aliphatic hydroxyl groups is 3. The molecular formula is C27H29N3O8. The second-order valence-electron chi connectivity index (χ2n) is 10.5. The maximum Gasteiger partial charge on any atom is 0.255 e. The highest BCUT2D eigenvalue weighted by molar-refractivity contribution is 6.24. The Hall–Kier alpha value is -4.09. The fraction of sp³-hybridized carbons (Fsp3) is 0.370. The highest BCUT2D eigenvalue weighted by Crippen LogP contribution is 2.54. The first-order valence-electron chi connectivity index (χ1n) is 12.1. The SMILES string of the molecule is CN(C)c1cc(-c2ccoc2)c(O)c2c1C[C@H]1C[C@@H]3[C@@H](N(C)C)C(=O)C(C(N)=O)=C(O)[C@@]3(O)C(=O)C1=C2O. The number of Topliss-reactive ketones (excluding diaryl/α,β-unsaturated/α-hetero) is 2. The number of likely N-dealkylation sites (N-methyl/N-ethyl adjacent to an activating group) is 1. The van der Waals surface area contributed by atoms with Gasteiger partial charge in [0.2, 0.25) is 5.78 Å². The van der Waals surface area contributed by atoms with Crippen molar-refractivity contribution in [3.8, 4) is 16.9 Å². The highest BCUT2D eigenvalue weighted by Gasteiger charge is 2.64. The highest BCUT2D eigenvalue weighted by atomic mass is 16.3. The number of carbonyl (C=O) groups is 3. The zero-order chi connectivity index (χ0) is 27.8. The molecule has 1 saturated carbocycles. The molecule has 1 amide bonds. The van der Waals surface area contributed by atoms with Gasteiger partial charge in [0.15, 0.2) is 11.4 Å². The number of amides is 1. The minimum Gasteiger partial charge on any atom is -0.508 e. The van der Waals surface area contributed by atoms with Crippen LogP contribution in [0.2, 0.25) is 0 Å². The number of furan rings is 1. The lowest BCUT2D eigenvalue weighted by Gasteiger charge is -2.50. The van der Waals surface area contributed by atoms with Gasteiger partial charge in [-0.2, -0.15) is 0 Å². The third-order valence-electron chi connectivity index (χ3n) is 8.01. The fourth-order valence-corrected chi connectivity index (χ4v) is 6.33. The van der Waals surface area contributed by atoms with Crippen molar-refractivity contribution in [3.05, 3.63) is 52.7 Å². The van der Waals surface area contributed by atoms with Crippen LogP contribution in [0.3, 0.4) is 0 Å². The number of anilines is 1. The zero-order valence-electron chi connectivity index (χ0n) is 21.3. The number of ketones is 2. The van der Waals surface area contributed by atoms with E-state index in [-0.39, 0.29) is 29.7 Å². The van der Waals surface area contributed by atoms with Crippen LogP contribution in [0.4, 0.5) is 5.69 Å². The van der Waals surface area contributed by atoms with E-state index in [1.54, 1.807) is 26.2 Å². The van der Waals surface area contributed by atoms with Crippen molar-refractivity contribution in [2.75, 3.05) is 33.1 Å². The standard InChI is InChI=1S/C27H29N3O8/c1-29(2)16-9-13(11-5-6-38-10-11)21(31)18-14(16)7-12-8-15-20(30(3)4)23(33)19(26(28)36)25(35)27(15,37)24(34)17(12)22(18)32/h5-6,9-10,12,15,20,31-32,35,37H,7-8H2,1-4H3,(H2,28,36)/t12-,15+,20+,27-/m0/s1. The van der Waals surface area contributed by atoms with Crippen LogP contribution >= 0.6 is 0 Å². The molecule has 0 unspecified atom stereocenters. The lowest BCUT2D eigenvalue weighted by molar-refractivity contribution is -0.153. The number of aromatic hydroxyl groups is 1. The van der Waals surface area contributed by atoms with E-state index in [9.17, 15) is 34.8 Å². The molecule has 0 spiro atoms. The van der Waals surface area contributed by atoms with Gasteiger partial charge in [-0.1, -0.05) is 0 Å². The summed E-state index contributed by atoms with van der Waals surface area (Å²) < 4.78 is 5.16. The van der Waals surface area contributed by atoms with Gasteiger partial charge in [0, 0.05) is 42.4 Å². The van der Waals surface area contributed by atoms with Crippen LogP contribution in [0.15, 0.2) is 46.0 Å². The van der Waals surface area contributed by atoms with Gasteiger partial charge in [0.05, 0.1) is 24.1 Å². The summed E-state index contributed by atoms with van der Waals surface area (Å²) in [4.78, 5) is 42.6. The van der Waals surface area contributed by atoms with E-state index in [2.05, 4.69) is 0 Å². The van der Waals surface area contributed by atoms with Crippen molar-refractivity contribution in [1.82, 2.24) is 4.90 Å². The Labute approximate surface area is 218 Å². The maximum atomic E-state index is 14.0. The van der Waals surface area contributed by atoms with E-state index in [0.717, 1.165) is 0 Å². The van der Waals surface area contributed by atoms with Crippen molar-refractivity contribution in [3.63, 3.8) is 0 Å². The summed E-state index contributed by atoms with van der Waals surface area (Å²) in [6.45, 7) is 0. The monoisotopic (exact) mass is 523 g/mol. The van der Waals surface area contributed by atoms with Gasteiger partial charge in [-0.05, 0) is 50.6 Å². The Morgan fingerprint density at radius 2 is 1.84 bits per heavy atom. The number of rotatable bonds is 4. The van der Waals surface area contributed by atoms with Crippen LogP contribution in [-0.4, -0.2) is 82.6 Å². The number of benzene rings is 1. The number of nitrogens with two attached hydrogens (primary N) is 1. The number of carbonyl (C=O) groups excluding carboxylic acids is 3. The summed E-state index contributed by atoms with van der Waals surface area (Å²) in [7, 11) is 6.74. The van der Waals surface area contributed by atoms with Crippen LogP contribution in [0.5, 0.6) is 5.75 Å². The van der Waals surface area contributed by atoms with E-state index in [1.807, 2.05) is 19.0 Å². The van der Waals surface area contributed by atoms with Gasteiger partial charge in [-0.25, -0.2) is 0 Å². The molecule has 3 aliphatic rings. The molecule has 0 bridgehead atoms. The lowest BCUT2D eigenvalue weighted by atomic mass is 9.57. The summed E-state index contributed by atoms with van der Waals surface area (Å²) in [6.07, 6.45) is 3.11. The van der Waals surface area contributed by atoms with Gasteiger partial charge in [-0.3, -0.25) is 19.3 Å². The number of aliphatic hydroxyl groups excluding tert-OH is 2. The predicted octanol–water partition coefficient (Wildman–Crippen LogP) is 1.29. The van der Waals surface area contributed by atoms with Crippen LogP contribution in [-0.2, 0) is 20.8 Å². The number of hydrogen-bond donors (Lipinski definition) is 5. The first-order valence-corrected chi connectivity index (χ1v) is 12.1. The molecule has 1 fully saturated rings. The normalized spacial score (nSPS) is 26.8. The minimum absolute atomic E-state index is 0.0306. The van der Waals surface area contributed by atoms with E-state index >= 15 is 0 Å². The molecule has 0 radical (unpaired) electrons. The number of phenolic OH excluding ortho intramolecular Hbond substituents is 1. The Kier molecular flexibility index (Phi) is 5.69.